The molecular formula is C22H29N3O4S. The number of likely N-dealkylation sites (tertiary alicyclic amines) is 1. The number of hydrogen-bond donors (Lipinski definition) is 0. The van der Waals surface area contributed by atoms with Gasteiger partial charge in [0, 0.05) is 32.1 Å². The Morgan fingerprint density at radius 3 is 2.43 bits per heavy atom. The molecule has 0 bridgehead atoms. The maximum atomic E-state index is 12.7. The molecule has 2 aliphatic heterocycles. The van der Waals surface area contributed by atoms with Gasteiger partial charge >= 0.3 is 0 Å². The van der Waals surface area contributed by atoms with E-state index in [1.807, 2.05) is 35.2 Å². The van der Waals surface area contributed by atoms with Gasteiger partial charge in [0.15, 0.2) is 11.6 Å². The average Bonchev–Trinajstić information content (AvgIpc) is 3.43. The highest BCUT2D eigenvalue weighted by Gasteiger charge is 2.32. The van der Waals surface area contributed by atoms with Gasteiger partial charge in [-0.3, -0.25) is 4.79 Å². The number of carbonyl (C=O) groups is 1. The number of nitrogens with zero attached hydrogens (tertiary/aromatic N) is 3. The first-order chi connectivity index (χ1) is 14.4. The van der Waals surface area contributed by atoms with Gasteiger partial charge in [0.05, 0.1) is 5.75 Å². The van der Waals surface area contributed by atoms with E-state index in [2.05, 4.69) is 4.98 Å². The number of rotatable bonds is 6. The van der Waals surface area contributed by atoms with Crippen LogP contribution in [0.1, 0.15) is 59.3 Å². The minimum atomic E-state index is -3.29. The molecule has 1 aromatic heterocycles. The molecule has 2 aliphatic rings. The van der Waals surface area contributed by atoms with Gasteiger partial charge in [-0.25, -0.2) is 17.7 Å². The van der Waals surface area contributed by atoms with Crippen LogP contribution in [-0.2, 0) is 16.4 Å². The van der Waals surface area contributed by atoms with Crippen molar-refractivity contribution in [3.05, 3.63) is 53.2 Å². The second-order valence-corrected chi connectivity index (χ2v) is 10.3. The van der Waals surface area contributed by atoms with Crippen molar-refractivity contribution >= 4 is 15.9 Å². The summed E-state index contributed by atoms with van der Waals surface area (Å²) in [7, 11) is -3.29. The molecule has 0 atom stereocenters. The van der Waals surface area contributed by atoms with Crippen LogP contribution in [0.25, 0.3) is 0 Å². The maximum Gasteiger partial charge on any atom is 0.276 e. The summed E-state index contributed by atoms with van der Waals surface area (Å²) in [6.45, 7) is 4.25. The Hall–Kier alpha value is -2.19. The Labute approximate surface area is 178 Å². The molecule has 3 heterocycles. The topological polar surface area (TPSA) is 83.7 Å². The van der Waals surface area contributed by atoms with Gasteiger partial charge in [0.25, 0.3) is 5.91 Å². The molecule has 0 unspecified atom stereocenters. The fourth-order valence-corrected chi connectivity index (χ4v) is 5.78. The third-order valence-electron chi connectivity index (χ3n) is 6.10. The Balaban J connectivity index is 1.35. The largest absolute Gasteiger partial charge is 0.445 e. The van der Waals surface area contributed by atoms with Crippen LogP contribution >= 0.6 is 0 Å². The van der Waals surface area contributed by atoms with Gasteiger partial charge in [0.2, 0.25) is 10.0 Å². The highest BCUT2D eigenvalue weighted by atomic mass is 32.2. The van der Waals surface area contributed by atoms with Crippen LogP contribution < -0.4 is 0 Å². The fraction of sp³-hybridized carbons (Fsp3) is 0.545. The number of oxazole rings is 1. The SMILES string of the molecule is Cc1oc(C2CCN(S(=O)(=O)CCc3ccccc3)CC2)nc1C(=O)N1CCCC1. The number of hydrogen-bond acceptors (Lipinski definition) is 5. The molecule has 2 fully saturated rings. The Bertz CT molecular complexity index is 973. The third kappa shape index (κ3) is 4.59. The van der Waals surface area contributed by atoms with Crippen LogP contribution in [0.15, 0.2) is 34.7 Å². The molecule has 162 valence electrons. The van der Waals surface area contributed by atoms with Gasteiger partial charge in [0.1, 0.15) is 5.76 Å². The van der Waals surface area contributed by atoms with Crippen molar-refractivity contribution in [3.8, 4) is 0 Å². The summed E-state index contributed by atoms with van der Waals surface area (Å²) in [4.78, 5) is 19.0. The first kappa shape index (κ1) is 21.1. The van der Waals surface area contributed by atoms with Crippen LogP contribution in [0.4, 0.5) is 0 Å². The summed E-state index contributed by atoms with van der Waals surface area (Å²) in [6, 6.07) is 9.68. The summed E-state index contributed by atoms with van der Waals surface area (Å²) in [5.74, 6) is 1.23. The normalized spacial score (nSPS) is 18.8. The average molecular weight is 432 g/mol. The van der Waals surface area contributed by atoms with E-state index >= 15 is 0 Å². The molecule has 0 aliphatic carbocycles. The molecule has 0 N–H and O–H groups in total. The van der Waals surface area contributed by atoms with E-state index in [9.17, 15) is 13.2 Å². The number of sulfonamides is 1. The van der Waals surface area contributed by atoms with Crippen molar-refractivity contribution in [1.82, 2.24) is 14.2 Å². The molecule has 30 heavy (non-hydrogen) atoms. The molecule has 2 aromatic rings. The summed E-state index contributed by atoms with van der Waals surface area (Å²) in [6.07, 6.45) is 3.90. The molecule has 8 heteroatoms. The summed E-state index contributed by atoms with van der Waals surface area (Å²) >= 11 is 0. The smallest absolute Gasteiger partial charge is 0.276 e. The molecule has 4 rings (SSSR count). The molecule has 1 aromatic carbocycles. The van der Waals surface area contributed by atoms with E-state index in [1.165, 1.54) is 0 Å². The highest BCUT2D eigenvalue weighted by molar-refractivity contribution is 7.89. The zero-order valence-electron chi connectivity index (χ0n) is 17.4. The van der Waals surface area contributed by atoms with Crippen molar-refractivity contribution in [1.29, 1.82) is 0 Å². The van der Waals surface area contributed by atoms with E-state index in [4.69, 9.17) is 4.42 Å². The third-order valence-corrected chi connectivity index (χ3v) is 7.97. The highest BCUT2D eigenvalue weighted by Crippen LogP contribution is 2.30. The van der Waals surface area contributed by atoms with Gasteiger partial charge < -0.3 is 9.32 Å². The Morgan fingerprint density at radius 1 is 1.10 bits per heavy atom. The quantitative estimate of drug-likeness (QED) is 0.702. The number of aryl methyl sites for hydroxylation is 2. The molecule has 0 radical (unpaired) electrons. The molecule has 0 spiro atoms. The monoisotopic (exact) mass is 431 g/mol. The van der Waals surface area contributed by atoms with Crippen LogP contribution in [0.3, 0.4) is 0 Å². The van der Waals surface area contributed by atoms with Crippen LogP contribution in [0.2, 0.25) is 0 Å². The van der Waals surface area contributed by atoms with E-state index in [-0.39, 0.29) is 17.6 Å². The molecule has 7 nitrogen and oxygen atoms in total. The van der Waals surface area contributed by atoms with Crippen molar-refractivity contribution < 1.29 is 17.6 Å². The van der Waals surface area contributed by atoms with E-state index in [0.29, 0.717) is 49.7 Å². The standard InChI is InChI=1S/C22H29N3O4S/c1-17-20(22(26)24-12-5-6-13-24)23-21(29-17)19-9-14-25(15-10-19)30(27,28)16-11-18-7-3-2-4-8-18/h2-4,7-8,19H,5-6,9-16H2,1H3. The zero-order valence-corrected chi connectivity index (χ0v) is 18.2. The Morgan fingerprint density at radius 2 is 1.77 bits per heavy atom. The van der Waals surface area contributed by atoms with Crippen molar-refractivity contribution in [3.63, 3.8) is 0 Å². The first-order valence-electron chi connectivity index (χ1n) is 10.7. The number of amides is 1. The second-order valence-electron chi connectivity index (χ2n) is 8.18. The van der Waals surface area contributed by atoms with Crippen LogP contribution in [0.5, 0.6) is 0 Å². The lowest BCUT2D eigenvalue weighted by molar-refractivity contribution is 0.0786. The number of benzene rings is 1. The van der Waals surface area contributed by atoms with Crippen molar-refractivity contribution in [2.75, 3.05) is 31.9 Å². The molecular weight excluding hydrogens is 402 g/mol. The molecule has 0 saturated carbocycles. The predicted molar refractivity (Wildman–Crippen MR) is 114 cm³/mol. The fourth-order valence-electron chi connectivity index (χ4n) is 4.26. The van der Waals surface area contributed by atoms with Gasteiger partial charge in [-0.15, -0.1) is 0 Å². The van der Waals surface area contributed by atoms with E-state index in [0.717, 1.165) is 31.5 Å². The van der Waals surface area contributed by atoms with Gasteiger partial charge in [-0.1, -0.05) is 30.3 Å². The summed E-state index contributed by atoms with van der Waals surface area (Å²) in [5, 5.41) is 0. The van der Waals surface area contributed by atoms with Gasteiger partial charge in [-0.2, -0.15) is 0 Å². The number of aromatic nitrogens is 1. The van der Waals surface area contributed by atoms with Gasteiger partial charge in [-0.05, 0) is 44.6 Å². The second kappa shape index (κ2) is 8.89. The lowest BCUT2D eigenvalue weighted by atomic mass is 9.98. The minimum Gasteiger partial charge on any atom is -0.445 e. The lowest BCUT2D eigenvalue weighted by Gasteiger charge is -2.29. The lowest BCUT2D eigenvalue weighted by Crippen LogP contribution is -2.39. The van der Waals surface area contributed by atoms with E-state index in [1.54, 1.807) is 11.2 Å². The maximum absolute atomic E-state index is 12.7. The Kier molecular flexibility index (Phi) is 6.24. The van der Waals surface area contributed by atoms with Crippen molar-refractivity contribution in [2.24, 2.45) is 0 Å². The first-order valence-corrected chi connectivity index (χ1v) is 12.3. The van der Waals surface area contributed by atoms with Crippen molar-refractivity contribution in [2.45, 2.75) is 44.9 Å². The summed E-state index contributed by atoms with van der Waals surface area (Å²) in [5.41, 5.74) is 1.44. The van der Waals surface area contributed by atoms with Crippen LogP contribution in [-0.4, -0.2) is 60.4 Å². The summed E-state index contributed by atoms with van der Waals surface area (Å²) < 4.78 is 32.9. The predicted octanol–water partition coefficient (Wildman–Crippen LogP) is 2.97. The number of piperidine rings is 1. The number of carbonyl (C=O) groups excluding carboxylic acids is 1. The zero-order chi connectivity index (χ0) is 21.1. The molecule has 1 amide bonds. The molecule has 2 saturated heterocycles. The van der Waals surface area contributed by atoms with Crippen LogP contribution in [0, 0.1) is 6.92 Å². The minimum absolute atomic E-state index is 0.0457. The van der Waals surface area contributed by atoms with E-state index < -0.39 is 10.0 Å².